The molecule has 0 unspecified atom stereocenters. The summed E-state index contributed by atoms with van der Waals surface area (Å²) in [5.74, 6) is -0.793. The number of hydrogen-bond donors (Lipinski definition) is 1. The van der Waals surface area contributed by atoms with Crippen LogP contribution in [0.4, 0.5) is 15.8 Å². The fraction of sp³-hybridized carbons (Fsp3) is 0.480. The van der Waals surface area contributed by atoms with Gasteiger partial charge >= 0.3 is 0 Å². The molecule has 0 aromatic heterocycles. The molecule has 11 heteroatoms. The summed E-state index contributed by atoms with van der Waals surface area (Å²) >= 11 is 5.99. The molecule has 1 amide bonds. The molecule has 0 saturated carbocycles. The van der Waals surface area contributed by atoms with Crippen molar-refractivity contribution in [3.05, 3.63) is 47.2 Å². The molecular weight excluding hydrogens is 507 g/mol. The van der Waals surface area contributed by atoms with Crippen molar-refractivity contribution >= 4 is 38.9 Å². The summed E-state index contributed by atoms with van der Waals surface area (Å²) in [6.07, 6.45) is 2.70. The second-order valence-corrected chi connectivity index (χ2v) is 11.3. The summed E-state index contributed by atoms with van der Waals surface area (Å²) in [5.41, 5.74) is 1.17. The number of nitrogens with one attached hydrogen (secondary N) is 1. The molecule has 1 N–H and O–H groups in total. The molecular formula is C25H32ClFN4O4S. The van der Waals surface area contributed by atoms with Crippen LogP contribution in [0.1, 0.15) is 26.2 Å². The molecule has 36 heavy (non-hydrogen) atoms. The van der Waals surface area contributed by atoms with Crippen LogP contribution in [0.15, 0.2) is 41.3 Å². The zero-order chi connectivity index (χ0) is 25.7. The van der Waals surface area contributed by atoms with Crippen molar-refractivity contribution in [1.29, 1.82) is 0 Å². The minimum absolute atomic E-state index is 0.0620. The van der Waals surface area contributed by atoms with Gasteiger partial charge in [0.25, 0.3) is 5.91 Å². The van der Waals surface area contributed by atoms with E-state index in [0.717, 1.165) is 63.7 Å². The molecule has 2 heterocycles. The molecule has 0 atom stereocenters. The van der Waals surface area contributed by atoms with E-state index in [-0.39, 0.29) is 22.3 Å². The number of halogens is 2. The monoisotopic (exact) mass is 538 g/mol. The van der Waals surface area contributed by atoms with E-state index in [1.165, 1.54) is 22.5 Å². The predicted molar refractivity (Wildman–Crippen MR) is 139 cm³/mol. The lowest BCUT2D eigenvalue weighted by Crippen LogP contribution is -2.46. The quantitative estimate of drug-likeness (QED) is 0.550. The third kappa shape index (κ3) is 6.29. The Morgan fingerprint density at radius 2 is 1.75 bits per heavy atom. The molecule has 2 aliphatic heterocycles. The van der Waals surface area contributed by atoms with E-state index in [4.69, 9.17) is 16.3 Å². The van der Waals surface area contributed by atoms with Crippen LogP contribution in [0, 0.1) is 5.82 Å². The molecule has 0 spiro atoms. The summed E-state index contributed by atoms with van der Waals surface area (Å²) in [6, 6.07) is 8.59. The third-order valence-electron chi connectivity index (χ3n) is 6.61. The van der Waals surface area contributed by atoms with E-state index >= 15 is 0 Å². The molecule has 196 valence electrons. The highest BCUT2D eigenvalue weighted by atomic mass is 35.5. The molecule has 0 radical (unpaired) electrons. The first kappa shape index (κ1) is 26.7. The van der Waals surface area contributed by atoms with Gasteiger partial charge in [0.1, 0.15) is 11.6 Å². The second kappa shape index (κ2) is 11.8. The van der Waals surface area contributed by atoms with Gasteiger partial charge in [-0.2, -0.15) is 4.31 Å². The lowest BCUT2D eigenvalue weighted by atomic mass is 10.2. The highest BCUT2D eigenvalue weighted by Crippen LogP contribution is 2.32. The van der Waals surface area contributed by atoms with Crippen LogP contribution in [0.3, 0.4) is 0 Å². The van der Waals surface area contributed by atoms with Crippen LogP contribution < -0.4 is 15.0 Å². The zero-order valence-corrected chi connectivity index (χ0v) is 22.0. The molecule has 4 rings (SSSR count). The number of amides is 1. The highest BCUT2D eigenvalue weighted by Gasteiger charge is 2.28. The van der Waals surface area contributed by atoms with E-state index in [2.05, 4.69) is 22.0 Å². The minimum Gasteiger partial charge on any atom is -0.482 e. The Morgan fingerprint density at radius 3 is 2.42 bits per heavy atom. The van der Waals surface area contributed by atoms with Gasteiger partial charge in [0.15, 0.2) is 6.61 Å². The molecule has 0 bridgehead atoms. The fourth-order valence-electron chi connectivity index (χ4n) is 4.53. The standard InChI is InChI=1S/C25H32ClFN4O4S/c1-2-29-12-14-30(15-13-29)23-8-7-20(36(33,34)31-10-4-3-5-11-31)17-22(23)28-25(32)18-35-24-9-6-19(27)16-21(24)26/h6-9,16-17H,2-5,10-15,18H2,1H3,(H,28,32). The lowest BCUT2D eigenvalue weighted by molar-refractivity contribution is -0.118. The van der Waals surface area contributed by atoms with Gasteiger partial charge in [0.2, 0.25) is 10.0 Å². The molecule has 2 saturated heterocycles. The Morgan fingerprint density at radius 1 is 1.03 bits per heavy atom. The Kier molecular flexibility index (Phi) is 8.71. The van der Waals surface area contributed by atoms with Gasteiger partial charge < -0.3 is 19.9 Å². The Balaban J connectivity index is 1.56. The number of carbonyl (C=O) groups is 1. The van der Waals surface area contributed by atoms with Gasteiger partial charge in [0.05, 0.1) is 21.3 Å². The van der Waals surface area contributed by atoms with Crippen LogP contribution in [-0.4, -0.2) is 76.0 Å². The number of likely N-dealkylation sites (N-methyl/N-ethyl adjacent to an activating group) is 1. The van der Waals surface area contributed by atoms with E-state index < -0.39 is 21.7 Å². The average Bonchev–Trinajstić information content (AvgIpc) is 2.89. The number of benzene rings is 2. The maximum atomic E-state index is 13.3. The Bertz CT molecular complexity index is 1180. The first-order chi connectivity index (χ1) is 17.3. The molecule has 2 aromatic carbocycles. The molecule has 2 aliphatic rings. The first-order valence-corrected chi connectivity index (χ1v) is 14.1. The van der Waals surface area contributed by atoms with Crippen molar-refractivity contribution in [2.24, 2.45) is 0 Å². The summed E-state index contributed by atoms with van der Waals surface area (Å²) < 4.78 is 46.9. The first-order valence-electron chi connectivity index (χ1n) is 12.3. The summed E-state index contributed by atoms with van der Waals surface area (Å²) in [4.78, 5) is 17.5. The van der Waals surface area contributed by atoms with Crippen molar-refractivity contribution in [2.75, 3.05) is 62.6 Å². The number of sulfonamides is 1. The number of piperidine rings is 1. The maximum Gasteiger partial charge on any atom is 0.262 e. The minimum atomic E-state index is -3.67. The number of ether oxygens (including phenoxy) is 1. The van der Waals surface area contributed by atoms with Crippen molar-refractivity contribution < 1.29 is 22.3 Å². The zero-order valence-electron chi connectivity index (χ0n) is 20.4. The van der Waals surface area contributed by atoms with Gasteiger partial charge in [-0.1, -0.05) is 24.9 Å². The highest BCUT2D eigenvalue weighted by molar-refractivity contribution is 7.89. The average molecular weight is 539 g/mol. The second-order valence-electron chi connectivity index (χ2n) is 8.98. The van der Waals surface area contributed by atoms with Crippen molar-refractivity contribution in [3.63, 3.8) is 0 Å². The Labute approximate surface area is 217 Å². The summed E-state index contributed by atoms with van der Waals surface area (Å²) in [5, 5.41) is 2.89. The van der Waals surface area contributed by atoms with Crippen LogP contribution >= 0.6 is 11.6 Å². The number of nitrogens with zero attached hydrogens (tertiary/aromatic N) is 3. The van der Waals surface area contributed by atoms with Crippen LogP contribution in [0.25, 0.3) is 0 Å². The molecule has 2 fully saturated rings. The van der Waals surface area contributed by atoms with E-state index in [1.54, 1.807) is 12.1 Å². The lowest BCUT2D eigenvalue weighted by Gasteiger charge is -2.36. The smallest absolute Gasteiger partial charge is 0.262 e. The maximum absolute atomic E-state index is 13.3. The third-order valence-corrected chi connectivity index (χ3v) is 8.80. The number of rotatable bonds is 8. The number of carbonyl (C=O) groups excluding carboxylic acids is 1. The molecule has 0 aliphatic carbocycles. The Hall–Kier alpha value is -2.40. The normalized spacial score (nSPS) is 17.7. The number of anilines is 2. The van der Waals surface area contributed by atoms with Gasteiger partial charge in [-0.05, 0) is 55.8 Å². The van der Waals surface area contributed by atoms with Gasteiger partial charge in [0, 0.05) is 39.3 Å². The van der Waals surface area contributed by atoms with Crippen molar-refractivity contribution in [3.8, 4) is 5.75 Å². The molecule has 2 aromatic rings. The summed E-state index contributed by atoms with van der Waals surface area (Å²) in [7, 11) is -3.67. The van der Waals surface area contributed by atoms with Crippen LogP contribution in [-0.2, 0) is 14.8 Å². The summed E-state index contributed by atoms with van der Waals surface area (Å²) in [6.45, 7) is 7.00. The number of piperazine rings is 1. The topological polar surface area (TPSA) is 82.2 Å². The van der Waals surface area contributed by atoms with Crippen molar-refractivity contribution in [2.45, 2.75) is 31.1 Å². The van der Waals surface area contributed by atoms with Crippen LogP contribution in [0.5, 0.6) is 5.75 Å². The predicted octanol–water partition coefficient (Wildman–Crippen LogP) is 3.81. The van der Waals surface area contributed by atoms with E-state index in [0.29, 0.717) is 18.8 Å². The van der Waals surface area contributed by atoms with E-state index in [9.17, 15) is 17.6 Å². The van der Waals surface area contributed by atoms with Gasteiger partial charge in [-0.3, -0.25) is 4.79 Å². The largest absolute Gasteiger partial charge is 0.482 e. The van der Waals surface area contributed by atoms with E-state index in [1.807, 2.05) is 0 Å². The SMILES string of the molecule is CCN1CCN(c2ccc(S(=O)(=O)N3CCCCC3)cc2NC(=O)COc2ccc(F)cc2Cl)CC1. The van der Waals surface area contributed by atoms with Gasteiger partial charge in [-0.25, -0.2) is 12.8 Å². The molecule has 8 nitrogen and oxygen atoms in total. The van der Waals surface area contributed by atoms with Crippen LogP contribution in [0.2, 0.25) is 5.02 Å². The fourth-order valence-corrected chi connectivity index (χ4v) is 6.30. The van der Waals surface area contributed by atoms with Crippen molar-refractivity contribution in [1.82, 2.24) is 9.21 Å². The number of hydrogen-bond acceptors (Lipinski definition) is 6. The van der Waals surface area contributed by atoms with Gasteiger partial charge in [-0.15, -0.1) is 0 Å².